The maximum absolute atomic E-state index is 14.9. The van der Waals surface area contributed by atoms with E-state index in [2.05, 4.69) is 4.90 Å². The number of fused-ring (bicyclic) bond motifs is 1. The summed E-state index contributed by atoms with van der Waals surface area (Å²) in [6.45, 7) is 1.68. The van der Waals surface area contributed by atoms with Crippen molar-refractivity contribution < 1.29 is 36.4 Å². The lowest BCUT2D eigenvalue weighted by molar-refractivity contribution is -0.129. The maximum Gasteiger partial charge on any atom is 0.390 e. The van der Waals surface area contributed by atoms with Gasteiger partial charge in [0.25, 0.3) is 0 Å². The second-order valence-electron chi connectivity index (χ2n) is 10.8. The predicted octanol–water partition coefficient (Wildman–Crippen LogP) is 7.99. The Morgan fingerprint density at radius 2 is 1.59 bits per heavy atom. The van der Waals surface area contributed by atoms with Crippen LogP contribution in [0.3, 0.4) is 0 Å². The Balaban J connectivity index is 1.50. The van der Waals surface area contributed by atoms with E-state index in [-0.39, 0.29) is 11.5 Å². The highest BCUT2D eigenvalue weighted by Gasteiger charge is 2.27. The third-order valence-electron chi connectivity index (χ3n) is 7.55. The highest BCUT2D eigenvalue weighted by molar-refractivity contribution is 7.84. The van der Waals surface area contributed by atoms with Crippen LogP contribution in [0.2, 0.25) is 0 Å². The quantitative estimate of drug-likeness (QED) is 0.161. The number of hydrogen-bond acceptors (Lipinski definition) is 4. The Bertz CT molecular complexity index is 1210. The molecular formula is C31H40F5NO3S. The van der Waals surface area contributed by atoms with Crippen molar-refractivity contribution in [2.45, 2.75) is 76.8 Å². The second-order valence-corrected chi connectivity index (χ2v) is 12.5. The third-order valence-corrected chi connectivity index (χ3v) is 8.96. The van der Waals surface area contributed by atoms with Crippen molar-refractivity contribution in [3.8, 4) is 11.5 Å². The molecule has 1 aliphatic rings. The fraction of sp³-hybridized carbons (Fsp3) is 0.548. The van der Waals surface area contributed by atoms with Gasteiger partial charge in [0.1, 0.15) is 0 Å². The van der Waals surface area contributed by atoms with E-state index < -0.39 is 40.8 Å². The molecule has 10 heteroatoms. The minimum Gasteiger partial charge on any atom is -0.505 e. The first-order chi connectivity index (χ1) is 19.5. The molecule has 41 heavy (non-hydrogen) atoms. The number of aromatic hydroxyl groups is 2. The first-order valence-electron chi connectivity index (χ1n) is 14.3. The Morgan fingerprint density at radius 1 is 0.878 bits per heavy atom. The molecule has 2 aromatic carbocycles. The van der Waals surface area contributed by atoms with Crippen molar-refractivity contribution >= 4 is 21.9 Å². The summed E-state index contributed by atoms with van der Waals surface area (Å²) < 4.78 is 77.0. The summed E-state index contributed by atoms with van der Waals surface area (Å²) >= 11 is 0. The summed E-state index contributed by atoms with van der Waals surface area (Å²) in [5.41, 5.74) is 3.89. The Labute approximate surface area is 241 Å². The van der Waals surface area contributed by atoms with Gasteiger partial charge in [0, 0.05) is 22.3 Å². The van der Waals surface area contributed by atoms with Gasteiger partial charge >= 0.3 is 6.18 Å². The van der Waals surface area contributed by atoms with E-state index in [1.165, 1.54) is 18.2 Å². The van der Waals surface area contributed by atoms with Crippen molar-refractivity contribution in [1.82, 2.24) is 4.90 Å². The molecule has 3 rings (SSSR count). The zero-order valence-corrected chi connectivity index (χ0v) is 24.4. The number of unbranched alkanes of at least 4 members (excludes halogenated alkanes) is 4. The summed E-state index contributed by atoms with van der Waals surface area (Å²) in [5.74, 6) is -2.11. The summed E-state index contributed by atoms with van der Waals surface area (Å²) in [6, 6.07) is 7.42. The number of halogens is 5. The van der Waals surface area contributed by atoms with Gasteiger partial charge in [-0.3, -0.25) is 4.21 Å². The summed E-state index contributed by atoms with van der Waals surface area (Å²) in [4.78, 5) is 2.18. The van der Waals surface area contributed by atoms with Crippen molar-refractivity contribution in [2.75, 3.05) is 31.6 Å². The van der Waals surface area contributed by atoms with Crippen LogP contribution < -0.4 is 0 Å². The summed E-state index contributed by atoms with van der Waals surface area (Å²) in [6.07, 6.45) is 2.42. The van der Waals surface area contributed by atoms with Crippen molar-refractivity contribution in [2.24, 2.45) is 0 Å². The average Bonchev–Trinajstić information content (AvgIpc) is 3.10. The predicted molar refractivity (Wildman–Crippen MR) is 154 cm³/mol. The molecule has 0 bridgehead atoms. The molecule has 0 aliphatic heterocycles. The van der Waals surface area contributed by atoms with E-state index in [0.29, 0.717) is 49.0 Å². The van der Waals surface area contributed by atoms with Crippen molar-refractivity contribution in [1.29, 1.82) is 0 Å². The van der Waals surface area contributed by atoms with E-state index in [1.807, 2.05) is 7.05 Å². The van der Waals surface area contributed by atoms with Crippen LogP contribution in [0.15, 0.2) is 30.3 Å². The normalized spacial score (nSPS) is 14.8. The second kappa shape index (κ2) is 15.7. The molecular weight excluding hydrogens is 561 g/mol. The van der Waals surface area contributed by atoms with Gasteiger partial charge in [-0.15, -0.1) is 0 Å². The van der Waals surface area contributed by atoms with Crippen molar-refractivity contribution in [3.05, 3.63) is 58.7 Å². The molecule has 0 saturated carbocycles. The topological polar surface area (TPSA) is 60.8 Å². The number of hydrogen-bond donors (Lipinski definition) is 2. The molecule has 0 heterocycles. The average molecular weight is 602 g/mol. The third kappa shape index (κ3) is 10.4. The molecule has 2 N–H and O–H groups in total. The van der Waals surface area contributed by atoms with Crippen LogP contribution in [-0.2, 0) is 17.2 Å². The van der Waals surface area contributed by atoms with Crippen LogP contribution in [0.4, 0.5) is 22.0 Å². The van der Waals surface area contributed by atoms with Crippen LogP contribution in [0, 0.1) is 11.6 Å². The molecule has 0 radical (unpaired) electrons. The molecule has 0 saturated heterocycles. The van der Waals surface area contributed by atoms with Gasteiger partial charge < -0.3 is 15.1 Å². The van der Waals surface area contributed by atoms with Crippen LogP contribution in [0.5, 0.6) is 11.5 Å². The molecule has 1 aliphatic carbocycles. The fourth-order valence-electron chi connectivity index (χ4n) is 5.32. The number of phenols is 2. The summed E-state index contributed by atoms with van der Waals surface area (Å²) in [5, 5.41) is 19.9. The van der Waals surface area contributed by atoms with E-state index >= 15 is 0 Å². The minimum absolute atomic E-state index is 0.298. The highest BCUT2D eigenvalue weighted by Crippen LogP contribution is 2.41. The fourth-order valence-corrected chi connectivity index (χ4v) is 6.51. The van der Waals surface area contributed by atoms with Crippen LogP contribution in [-0.4, -0.2) is 57.1 Å². The Morgan fingerprint density at radius 3 is 2.29 bits per heavy atom. The molecule has 0 spiro atoms. The zero-order valence-electron chi connectivity index (χ0n) is 23.5. The lowest BCUT2D eigenvalue weighted by Crippen LogP contribution is -2.21. The van der Waals surface area contributed by atoms with E-state index in [4.69, 9.17) is 0 Å². The molecule has 0 amide bonds. The highest BCUT2D eigenvalue weighted by atomic mass is 32.2. The number of alkyl halides is 3. The lowest BCUT2D eigenvalue weighted by Gasteiger charge is -2.18. The monoisotopic (exact) mass is 601 g/mol. The van der Waals surface area contributed by atoms with Gasteiger partial charge in [-0.1, -0.05) is 25.0 Å². The van der Waals surface area contributed by atoms with Gasteiger partial charge in [-0.2, -0.15) is 13.2 Å². The minimum atomic E-state index is -4.26. The Hall–Kier alpha value is -2.46. The standard InChI is InChI=1S/C31H40F5NO3S/c1-37(18-6-7-19-41(40)20-16-31(34,35)36)17-5-3-2-4-9-24-23(22-12-14-27(32)29(39)21-22)10-8-11-26-25(24)13-15-28(38)30(26)33/h12-15,21,38-39H,2-11,16-20H2,1H3. The van der Waals surface area contributed by atoms with Crippen LogP contribution in [0.1, 0.15) is 80.9 Å². The number of phenolic OH excluding ortho intramolecular Hbond substituents is 2. The zero-order chi connectivity index (χ0) is 30.0. The largest absolute Gasteiger partial charge is 0.505 e. The smallest absolute Gasteiger partial charge is 0.390 e. The molecule has 2 aromatic rings. The van der Waals surface area contributed by atoms with E-state index in [9.17, 15) is 36.4 Å². The molecule has 1 unspecified atom stereocenters. The van der Waals surface area contributed by atoms with Gasteiger partial charge in [0.05, 0.1) is 6.42 Å². The summed E-state index contributed by atoms with van der Waals surface area (Å²) in [7, 11) is 0.570. The number of rotatable bonds is 15. The van der Waals surface area contributed by atoms with Crippen LogP contribution >= 0.6 is 0 Å². The molecule has 4 nitrogen and oxygen atoms in total. The van der Waals surface area contributed by atoms with Gasteiger partial charge in [-0.05, 0) is 118 Å². The lowest BCUT2D eigenvalue weighted by atomic mass is 9.88. The van der Waals surface area contributed by atoms with Crippen LogP contribution in [0.25, 0.3) is 11.1 Å². The maximum atomic E-state index is 14.9. The van der Waals surface area contributed by atoms with Crippen molar-refractivity contribution in [3.63, 3.8) is 0 Å². The first kappa shape index (κ1) is 33.0. The molecule has 0 aromatic heterocycles. The number of benzene rings is 2. The number of allylic oxidation sites excluding steroid dienone is 2. The van der Waals surface area contributed by atoms with Gasteiger partial charge in [0.2, 0.25) is 0 Å². The SMILES string of the molecule is CN(CCCCCCC1=C(c2ccc(F)c(O)c2)CCCc2c1ccc(O)c2F)CCCCS(=O)CCC(F)(F)F. The molecule has 1 atom stereocenters. The van der Waals surface area contributed by atoms with E-state index in [1.54, 1.807) is 12.1 Å². The van der Waals surface area contributed by atoms with E-state index in [0.717, 1.165) is 61.9 Å². The molecule has 0 fully saturated rings. The van der Waals surface area contributed by atoms with Gasteiger partial charge in [-0.25, -0.2) is 8.78 Å². The first-order valence-corrected chi connectivity index (χ1v) is 15.8. The number of nitrogens with zero attached hydrogens (tertiary/aromatic N) is 1. The molecule has 228 valence electrons. The van der Waals surface area contributed by atoms with Gasteiger partial charge in [0.15, 0.2) is 23.1 Å². The Kier molecular flexibility index (Phi) is 12.6.